The fraction of sp³-hybridized carbons (Fsp3) is 0.500. The second-order valence-electron chi connectivity index (χ2n) is 9.66. The van der Waals surface area contributed by atoms with Crippen LogP contribution in [0.3, 0.4) is 0 Å². The van der Waals surface area contributed by atoms with Crippen LogP contribution in [0.4, 0.5) is 16.2 Å². The molecule has 2 aliphatic heterocycles. The lowest BCUT2D eigenvalue weighted by Gasteiger charge is -2.29. The Hall–Kier alpha value is -2.71. The van der Waals surface area contributed by atoms with Gasteiger partial charge < -0.3 is 35.5 Å². The van der Waals surface area contributed by atoms with E-state index < -0.39 is 75.0 Å². The molecule has 43 heavy (non-hydrogen) atoms. The highest BCUT2D eigenvalue weighted by molar-refractivity contribution is 8.39. The van der Waals surface area contributed by atoms with Gasteiger partial charge in [-0.1, -0.05) is 0 Å². The summed E-state index contributed by atoms with van der Waals surface area (Å²) in [6.07, 6.45) is -3.15. The first-order valence-corrected chi connectivity index (χ1v) is 17.6. The second-order valence-corrected chi connectivity index (χ2v) is 14.9. The van der Waals surface area contributed by atoms with Gasteiger partial charge in [-0.2, -0.15) is 10.1 Å². The lowest BCUT2D eigenvalue weighted by atomic mass is 10.1. The van der Waals surface area contributed by atoms with Crippen LogP contribution >= 0.6 is 26.0 Å². The number of anilines is 2. The molecule has 2 fully saturated rings. The molecule has 230 valence electrons. The molecule has 2 saturated heterocycles. The zero-order chi connectivity index (χ0) is 30.6. The second kappa shape index (κ2) is 11.7. The van der Waals surface area contributed by atoms with Gasteiger partial charge in [-0.15, -0.1) is 4.52 Å². The van der Waals surface area contributed by atoms with E-state index in [0.717, 1.165) is 6.33 Å². The molecule has 6 heterocycles. The first kappa shape index (κ1) is 30.3. The van der Waals surface area contributed by atoms with Gasteiger partial charge in [0.2, 0.25) is 5.95 Å². The van der Waals surface area contributed by atoms with Crippen molar-refractivity contribution in [2.45, 2.75) is 48.9 Å². The number of halogens is 1. The number of hydrogen-bond acceptors (Lipinski definition) is 15. The van der Waals surface area contributed by atoms with Gasteiger partial charge in [-0.05, 0) is 16.4 Å². The Balaban J connectivity index is 1.26. The highest BCUT2D eigenvalue weighted by Crippen LogP contribution is 2.59. The van der Waals surface area contributed by atoms with Gasteiger partial charge in [0.15, 0.2) is 35.3 Å². The summed E-state index contributed by atoms with van der Waals surface area (Å²) < 4.78 is 53.3. The van der Waals surface area contributed by atoms with E-state index in [2.05, 4.69) is 42.3 Å². The lowest BCUT2D eigenvalue weighted by Crippen LogP contribution is -2.32. The number of fused-ring (bicyclic) bond motifs is 2. The van der Waals surface area contributed by atoms with Crippen LogP contribution in [-0.2, 0) is 34.9 Å². The fourth-order valence-corrected chi connectivity index (χ4v) is 8.46. The number of ether oxygens (including phenoxy) is 2. The number of imidazole rings is 2. The predicted octanol–water partition coefficient (Wildman–Crippen LogP) is 0.139. The van der Waals surface area contributed by atoms with Gasteiger partial charge in [0.1, 0.15) is 54.8 Å². The molecule has 0 aromatic carbocycles. The number of aliphatic hydroxyl groups is 1. The number of nitrogens with two attached hydrogens (primary N) is 2. The van der Waals surface area contributed by atoms with Crippen molar-refractivity contribution in [2.75, 3.05) is 24.7 Å². The number of hydrogen-bond donors (Lipinski definition) is 6. The van der Waals surface area contributed by atoms with Crippen LogP contribution in [0.25, 0.3) is 16.8 Å². The summed E-state index contributed by atoms with van der Waals surface area (Å²) in [6.45, 7) is -5.28. The Bertz CT molecular complexity index is 1810. The van der Waals surface area contributed by atoms with E-state index >= 15 is 4.39 Å². The van der Waals surface area contributed by atoms with Crippen molar-refractivity contribution in [3.05, 3.63) is 34.9 Å². The van der Waals surface area contributed by atoms with Crippen LogP contribution in [0.5, 0.6) is 0 Å². The summed E-state index contributed by atoms with van der Waals surface area (Å²) in [5.41, 5.74) is 10.0. The largest absolute Gasteiger partial charge is 0.582 e. The molecule has 0 spiro atoms. The number of thiol groups is 1. The minimum atomic E-state index is -4.14. The van der Waals surface area contributed by atoms with Gasteiger partial charge >= 0.3 is 7.23 Å². The van der Waals surface area contributed by atoms with E-state index in [1.807, 2.05) is 0 Å². The molecular weight excluding hydrogens is 653 g/mol. The summed E-state index contributed by atoms with van der Waals surface area (Å²) in [4.78, 5) is 42.2. The van der Waals surface area contributed by atoms with Crippen LogP contribution in [0.2, 0.25) is 0 Å². The minimum Gasteiger partial charge on any atom is -0.394 e. The van der Waals surface area contributed by atoms with Gasteiger partial charge in [-0.3, -0.25) is 14.3 Å². The van der Waals surface area contributed by atoms with Crippen LogP contribution < -0.4 is 17.0 Å². The molecule has 9 atom stereocenters. The molecule has 0 amide bonds. The summed E-state index contributed by atoms with van der Waals surface area (Å²) in [5, 5.41) is 13.9. The molecule has 2 unspecified atom stereocenters. The number of nitrogens with one attached hydrogen (secondary N) is 1. The maximum absolute atomic E-state index is 15.7. The molecule has 0 saturated carbocycles. The molecule has 0 radical (unpaired) electrons. The van der Waals surface area contributed by atoms with Gasteiger partial charge in [0.25, 0.3) is 5.56 Å². The summed E-state index contributed by atoms with van der Waals surface area (Å²) >= 11 is 9.28. The van der Waals surface area contributed by atoms with E-state index in [1.165, 1.54) is 21.6 Å². The van der Waals surface area contributed by atoms with E-state index in [0.29, 0.717) is 11.3 Å². The third kappa shape index (κ3) is 5.54. The van der Waals surface area contributed by atoms with E-state index in [1.54, 1.807) is 0 Å². The monoisotopic (exact) mass is 677 g/mol. The molecule has 7 N–H and O–H groups in total. The van der Waals surface area contributed by atoms with Crippen molar-refractivity contribution in [3.8, 4) is 0 Å². The standard InChI is InChI=1S/C20H23FN10O8P2S2/c21-12-10(3-32)38-19(30-6-26-13-16(30)28-20(23)29-18(13)33)14(12)41(35,43)36-4-11-9(39-40(34)42)1-8(37-11)7-2-24-17-15(22)25-5-27-31(7)17/h2,5-6,8-12,14,19,32H,1,3-4H2,(H6-,22,23,25,27,28,29,33,34,35,42,43)/p+1/t8-,9+,10-,11-,12-,14-,19-,41?/m1/s1. The first-order chi connectivity index (χ1) is 20.5. The number of rotatable bonds is 9. The molecule has 6 rings (SSSR count). The SMILES string of the molecule is Nc1nc2c(ncn2[C@@H]2O[C@H](CO)[C@@H](F)[C@H]2P(O)(=S)OC[C@H]2O[C@@H](c3cnc4c(N)ncnn34)C[C@@H]2O[P+](=O)S)c(=O)[nH]1. The molecule has 23 heteroatoms. The van der Waals surface area contributed by atoms with Crippen LogP contribution in [0.15, 0.2) is 23.6 Å². The number of aliphatic hydroxyl groups excluding tert-OH is 1. The maximum Gasteiger partial charge on any atom is 0.582 e. The van der Waals surface area contributed by atoms with Crippen molar-refractivity contribution in [3.63, 3.8) is 0 Å². The number of alkyl halides is 1. The van der Waals surface area contributed by atoms with E-state index in [-0.39, 0.29) is 29.4 Å². The smallest absolute Gasteiger partial charge is 0.394 e. The van der Waals surface area contributed by atoms with Crippen molar-refractivity contribution >= 4 is 66.4 Å². The predicted molar refractivity (Wildman–Crippen MR) is 154 cm³/mol. The third-order valence-electron chi connectivity index (χ3n) is 7.11. The zero-order valence-corrected chi connectivity index (χ0v) is 25.2. The van der Waals surface area contributed by atoms with Crippen LogP contribution in [-0.4, -0.2) is 92.5 Å². The Morgan fingerprint density at radius 1 is 1.28 bits per heavy atom. The fourth-order valence-electron chi connectivity index (χ4n) is 5.18. The minimum absolute atomic E-state index is 0.0532. The molecule has 0 aliphatic carbocycles. The first-order valence-electron chi connectivity index (χ1n) is 12.5. The molecule has 0 bridgehead atoms. The third-order valence-corrected chi connectivity index (χ3v) is 10.7. The Morgan fingerprint density at radius 3 is 2.81 bits per heavy atom. The van der Waals surface area contributed by atoms with Crippen LogP contribution in [0, 0.1) is 0 Å². The Labute approximate surface area is 251 Å². The normalized spacial score (nSPS) is 29.4. The number of nitrogen functional groups attached to an aromatic ring is 2. The maximum atomic E-state index is 15.7. The lowest BCUT2D eigenvalue weighted by molar-refractivity contribution is -0.0328. The molecular formula is C20H24FN10O8P2S2+. The molecule has 4 aromatic rings. The topological polar surface area (TPSA) is 253 Å². The van der Waals surface area contributed by atoms with E-state index in [4.69, 9.17) is 41.8 Å². The van der Waals surface area contributed by atoms with Crippen molar-refractivity contribution < 1.29 is 37.5 Å². The summed E-state index contributed by atoms with van der Waals surface area (Å²) in [7, 11) is -2.37. The molecule has 18 nitrogen and oxygen atoms in total. The Kier molecular flexibility index (Phi) is 8.22. The number of aromatic amines is 1. The number of nitrogens with zero attached hydrogens (tertiary/aromatic N) is 7. The average molecular weight is 678 g/mol. The number of H-pyrrole nitrogens is 1. The molecule has 4 aromatic heterocycles. The highest BCUT2D eigenvalue weighted by Gasteiger charge is 2.54. The van der Waals surface area contributed by atoms with Gasteiger partial charge in [0.05, 0.1) is 31.4 Å². The highest BCUT2D eigenvalue weighted by atomic mass is 32.7. The number of aromatic nitrogens is 8. The van der Waals surface area contributed by atoms with Gasteiger partial charge in [0, 0.05) is 6.42 Å². The molecule has 2 aliphatic rings. The van der Waals surface area contributed by atoms with Crippen molar-refractivity contribution in [1.82, 2.24) is 39.1 Å². The quantitative estimate of drug-likeness (QED) is 0.102. The van der Waals surface area contributed by atoms with Crippen LogP contribution in [0.1, 0.15) is 24.4 Å². The van der Waals surface area contributed by atoms with E-state index in [9.17, 15) is 19.4 Å². The summed E-state index contributed by atoms with van der Waals surface area (Å²) in [5.74, 6) is -0.0830. The zero-order valence-electron chi connectivity index (χ0n) is 21.7. The van der Waals surface area contributed by atoms with Crippen molar-refractivity contribution in [2.24, 2.45) is 0 Å². The Morgan fingerprint density at radius 2 is 2.07 bits per heavy atom. The summed E-state index contributed by atoms with van der Waals surface area (Å²) in [6, 6.07) is 0. The van der Waals surface area contributed by atoms with Gasteiger partial charge in [-0.25, -0.2) is 23.9 Å². The van der Waals surface area contributed by atoms with Crippen molar-refractivity contribution in [1.29, 1.82) is 0 Å². The average Bonchev–Trinajstić information content (AvgIpc) is 3.71.